The van der Waals surface area contributed by atoms with E-state index in [2.05, 4.69) is 20.8 Å². The molecule has 0 saturated carbocycles. The van der Waals surface area contributed by atoms with Gasteiger partial charge in [-0.25, -0.2) is 0 Å². The van der Waals surface area contributed by atoms with Crippen LogP contribution in [0.15, 0.2) is 18.2 Å². The number of rotatable bonds is 2. The van der Waals surface area contributed by atoms with Crippen LogP contribution in [0.5, 0.6) is 5.75 Å². The van der Waals surface area contributed by atoms with E-state index in [1.165, 1.54) is 0 Å². The third-order valence-electron chi connectivity index (χ3n) is 2.70. The second-order valence-corrected chi connectivity index (χ2v) is 5.36. The molecule has 0 N–H and O–H groups in total. The maximum absolute atomic E-state index is 12.0. The highest BCUT2D eigenvalue weighted by Gasteiger charge is 2.19. The number of hydrogen-bond acceptors (Lipinski definition) is 2. The third-order valence-corrected chi connectivity index (χ3v) is 2.70. The van der Waals surface area contributed by atoms with Gasteiger partial charge in [0.05, 0.1) is 12.7 Å². The van der Waals surface area contributed by atoms with E-state index < -0.39 is 0 Å². The standard InChI is InChI=1S/C14H21NO2/c1-14(2,3)10-7-8-12(17-6)11(9-10)13(16)15(4)5/h7-9H,1-6H3. The molecule has 0 heterocycles. The summed E-state index contributed by atoms with van der Waals surface area (Å²) in [6.07, 6.45) is 0. The minimum Gasteiger partial charge on any atom is -0.496 e. The van der Waals surface area contributed by atoms with Gasteiger partial charge in [-0.15, -0.1) is 0 Å². The Hall–Kier alpha value is -1.51. The predicted molar refractivity (Wildman–Crippen MR) is 69.7 cm³/mol. The van der Waals surface area contributed by atoms with Crippen molar-refractivity contribution in [1.82, 2.24) is 4.90 Å². The summed E-state index contributed by atoms with van der Waals surface area (Å²) in [5, 5.41) is 0. The third kappa shape index (κ3) is 2.99. The van der Waals surface area contributed by atoms with Crippen LogP contribution in [-0.4, -0.2) is 32.0 Å². The van der Waals surface area contributed by atoms with Crippen molar-refractivity contribution in [2.75, 3.05) is 21.2 Å². The van der Waals surface area contributed by atoms with Crippen LogP contribution in [0.3, 0.4) is 0 Å². The quantitative estimate of drug-likeness (QED) is 0.788. The van der Waals surface area contributed by atoms with Gasteiger partial charge < -0.3 is 9.64 Å². The first kappa shape index (κ1) is 13.6. The van der Waals surface area contributed by atoms with Gasteiger partial charge in [0, 0.05) is 14.1 Å². The minimum absolute atomic E-state index is 0.0214. The van der Waals surface area contributed by atoms with E-state index in [4.69, 9.17) is 4.74 Å². The van der Waals surface area contributed by atoms with Crippen LogP contribution in [0.1, 0.15) is 36.7 Å². The Labute approximate surface area is 103 Å². The zero-order valence-electron chi connectivity index (χ0n) is 11.5. The number of nitrogens with zero attached hydrogens (tertiary/aromatic N) is 1. The van der Waals surface area contributed by atoms with Crippen LogP contribution in [0.4, 0.5) is 0 Å². The number of benzene rings is 1. The van der Waals surface area contributed by atoms with Gasteiger partial charge in [0.2, 0.25) is 0 Å². The van der Waals surface area contributed by atoms with Crippen molar-refractivity contribution in [3.05, 3.63) is 29.3 Å². The molecule has 0 radical (unpaired) electrons. The van der Waals surface area contributed by atoms with Gasteiger partial charge in [-0.1, -0.05) is 26.8 Å². The average Bonchev–Trinajstić information content (AvgIpc) is 2.25. The SMILES string of the molecule is COc1ccc(C(C)(C)C)cc1C(=O)N(C)C. The van der Waals surface area contributed by atoms with E-state index in [0.29, 0.717) is 11.3 Å². The fraction of sp³-hybridized carbons (Fsp3) is 0.500. The molecule has 0 atom stereocenters. The monoisotopic (exact) mass is 235 g/mol. The summed E-state index contributed by atoms with van der Waals surface area (Å²) in [5.41, 5.74) is 1.77. The van der Waals surface area contributed by atoms with Crippen molar-refractivity contribution in [2.45, 2.75) is 26.2 Å². The molecule has 0 aliphatic carbocycles. The van der Waals surface area contributed by atoms with E-state index in [1.54, 1.807) is 26.1 Å². The molecule has 17 heavy (non-hydrogen) atoms. The van der Waals surface area contributed by atoms with Gasteiger partial charge >= 0.3 is 0 Å². The van der Waals surface area contributed by atoms with Crippen molar-refractivity contribution >= 4 is 5.91 Å². The number of carbonyl (C=O) groups excluding carboxylic acids is 1. The van der Waals surface area contributed by atoms with E-state index in [0.717, 1.165) is 5.56 Å². The number of carbonyl (C=O) groups is 1. The number of hydrogen-bond donors (Lipinski definition) is 0. The van der Waals surface area contributed by atoms with Crippen LogP contribution in [-0.2, 0) is 5.41 Å². The lowest BCUT2D eigenvalue weighted by Gasteiger charge is -2.21. The maximum atomic E-state index is 12.0. The summed E-state index contributed by atoms with van der Waals surface area (Å²) >= 11 is 0. The Morgan fingerprint density at radius 2 is 1.82 bits per heavy atom. The second kappa shape index (κ2) is 4.78. The summed E-state index contributed by atoms with van der Waals surface area (Å²) in [6.45, 7) is 6.37. The van der Waals surface area contributed by atoms with Crippen LogP contribution >= 0.6 is 0 Å². The topological polar surface area (TPSA) is 29.5 Å². The second-order valence-electron chi connectivity index (χ2n) is 5.36. The molecular weight excluding hydrogens is 214 g/mol. The van der Waals surface area contributed by atoms with Crippen LogP contribution in [0.25, 0.3) is 0 Å². The van der Waals surface area contributed by atoms with Crippen molar-refractivity contribution in [3.63, 3.8) is 0 Å². The molecule has 0 saturated heterocycles. The molecule has 3 heteroatoms. The van der Waals surface area contributed by atoms with Gasteiger partial charge in [-0.05, 0) is 23.1 Å². The lowest BCUT2D eigenvalue weighted by atomic mass is 9.86. The summed E-state index contributed by atoms with van der Waals surface area (Å²) < 4.78 is 5.24. The molecule has 0 spiro atoms. The highest BCUT2D eigenvalue weighted by Crippen LogP contribution is 2.28. The molecule has 0 aliphatic rings. The van der Waals surface area contributed by atoms with E-state index in [-0.39, 0.29) is 11.3 Å². The molecule has 0 aromatic heterocycles. The molecule has 94 valence electrons. The lowest BCUT2D eigenvalue weighted by Crippen LogP contribution is -2.23. The zero-order valence-corrected chi connectivity index (χ0v) is 11.5. The fourth-order valence-corrected chi connectivity index (χ4v) is 1.58. The van der Waals surface area contributed by atoms with Crippen LogP contribution < -0.4 is 4.74 Å². The number of ether oxygens (including phenoxy) is 1. The molecule has 0 fully saturated rings. The molecule has 0 unspecified atom stereocenters. The normalized spacial score (nSPS) is 11.2. The molecule has 1 aromatic carbocycles. The van der Waals surface area contributed by atoms with E-state index >= 15 is 0 Å². The fourth-order valence-electron chi connectivity index (χ4n) is 1.58. The molecule has 3 nitrogen and oxygen atoms in total. The van der Waals surface area contributed by atoms with Gasteiger partial charge in [-0.3, -0.25) is 4.79 Å². The Morgan fingerprint density at radius 1 is 1.24 bits per heavy atom. The first-order chi connectivity index (χ1) is 7.77. The Kier molecular flexibility index (Phi) is 3.81. The van der Waals surface area contributed by atoms with E-state index in [1.807, 2.05) is 18.2 Å². The minimum atomic E-state index is -0.0343. The highest BCUT2D eigenvalue weighted by atomic mass is 16.5. The Balaban J connectivity index is 3.30. The van der Waals surface area contributed by atoms with Gasteiger partial charge in [-0.2, -0.15) is 0 Å². The maximum Gasteiger partial charge on any atom is 0.257 e. The van der Waals surface area contributed by atoms with Gasteiger partial charge in [0.15, 0.2) is 0 Å². The zero-order chi connectivity index (χ0) is 13.2. The van der Waals surface area contributed by atoms with Crippen molar-refractivity contribution in [3.8, 4) is 5.75 Å². The summed E-state index contributed by atoms with van der Waals surface area (Å²) in [7, 11) is 5.07. The Bertz CT molecular complexity index is 417. The highest BCUT2D eigenvalue weighted by molar-refractivity contribution is 5.96. The average molecular weight is 235 g/mol. The largest absolute Gasteiger partial charge is 0.496 e. The molecular formula is C14H21NO2. The molecule has 1 rings (SSSR count). The van der Waals surface area contributed by atoms with Crippen molar-refractivity contribution in [1.29, 1.82) is 0 Å². The smallest absolute Gasteiger partial charge is 0.257 e. The Morgan fingerprint density at radius 3 is 2.24 bits per heavy atom. The molecule has 0 bridgehead atoms. The van der Waals surface area contributed by atoms with Crippen molar-refractivity contribution in [2.24, 2.45) is 0 Å². The molecule has 1 amide bonds. The number of methoxy groups -OCH3 is 1. The van der Waals surface area contributed by atoms with E-state index in [9.17, 15) is 4.79 Å². The number of amides is 1. The summed E-state index contributed by atoms with van der Waals surface area (Å²) in [5.74, 6) is 0.588. The summed E-state index contributed by atoms with van der Waals surface area (Å²) in [6, 6.07) is 5.78. The lowest BCUT2D eigenvalue weighted by molar-refractivity contribution is 0.0824. The first-order valence-electron chi connectivity index (χ1n) is 5.67. The predicted octanol–water partition coefficient (Wildman–Crippen LogP) is 2.69. The molecule has 0 aliphatic heterocycles. The van der Waals surface area contributed by atoms with Gasteiger partial charge in [0.1, 0.15) is 5.75 Å². The molecule has 1 aromatic rings. The van der Waals surface area contributed by atoms with Crippen LogP contribution in [0, 0.1) is 0 Å². The first-order valence-corrected chi connectivity index (χ1v) is 5.67. The summed E-state index contributed by atoms with van der Waals surface area (Å²) in [4.78, 5) is 13.6. The van der Waals surface area contributed by atoms with Gasteiger partial charge in [0.25, 0.3) is 5.91 Å². The van der Waals surface area contributed by atoms with Crippen LogP contribution in [0.2, 0.25) is 0 Å². The van der Waals surface area contributed by atoms with Crippen molar-refractivity contribution < 1.29 is 9.53 Å².